The first-order valence-corrected chi connectivity index (χ1v) is 4.20. The number of amides is 2. The highest BCUT2D eigenvalue weighted by Crippen LogP contribution is 1.90. The van der Waals surface area contributed by atoms with Gasteiger partial charge in [-0.2, -0.15) is 0 Å². The minimum Gasteiger partial charge on any atom is -0.481 e. The van der Waals surface area contributed by atoms with Gasteiger partial charge >= 0.3 is 12.0 Å². The molecule has 2 amide bonds. The third-order valence-electron chi connectivity index (χ3n) is 1.46. The molecule has 0 saturated heterocycles. The number of rotatable bonds is 4. The maximum atomic E-state index is 11.1. The number of carboxylic acids is 1. The van der Waals surface area contributed by atoms with E-state index in [1.165, 1.54) is 0 Å². The minimum absolute atomic E-state index is 0.113. The Kier molecular flexibility index (Phi) is 5.15. The standard InChI is InChI=1S/C9H14N2O3/c1-4-6(2)10-9(14)11-7(3)5-8(12)13/h1,6-7H,5H2,2-3H3,(H,12,13)(H2,10,11,14). The van der Waals surface area contributed by atoms with Gasteiger partial charge in [-0.05, 0) is 13.8 Å². The molecule has 0 radical (unpaired) electrons. The molecule has 0 saturated carbocycles. The number of hydrogen-bond acceptors (Lipinski definition) is 2. The number of terminal acetylenes is 1. The molecule has 0 aliphatic heterocycles. The van der Waals surface area contributed by atoms with Crippen molar-refractivity contribution < 1.29 is 14.7 Å². The maximum absolute atomic E-state index is 11.1. The number of carboxylic acid groups (broad SMARTS) is 1. The largest absolute Gasteiger partial charge is 0.481 e. The highest BCUT2D eigenvalue weighted by molar-refractivity contribution is 5.76. The fourth-order valence-electron chi connectivity index (χ4n) is 0.817. The lowest BCUT2D eigenvalue weighted by atomic mass is 10.2. The van der Waals surface area contributed by atoms with Crippen LogP contribution in [0.3, 0.4) is 0 Å². The van der Waals surface area contributed by atoms with Gasteiger partial charge in [0, 0.05) is 6.04 Å². The highest BCUT2D eigenvalue weighted by Gasteiger charge is 2.11. The van der Waals surface area contributed by atoms with E-state index in [1.54, 1.807) is 13.8 Å². The molecule has 5 heteroatoms. The molecule has 0 bridgehead atoms. The monoisotopic (exact) mass is 198 g/mol. The summed E-state index contributed by atoms with van der Waals surface area (Å²) in [5, 5.41) is 13.3. The van der Waals surface area contributed by atoms with E-state index in [4.69, 9.17) is 11.5 Å². The van der Waals surface area contributed by atoms with Crippen LogP contribution in [0.1, 0.15) is 20.3 Å². The fraction of sp³-hybridized carbons (Fsp3) is 0.556. The van der Waals surface area contributed by atoms with Gasteiger partial charge in [0.05, 0.1) is 12.5 Å². The molecular weight excluding hydrogens is 184 g/mol. The molecule has 14 heavy (non-hydrogen) atoms. The van der Waals surface area contributed by atoms with Crippen molar-refractivity contribution >= 4 is 12.0 Å². The van der Waals surface area contributed by atoms with Crippen LogP contribution in [0.2, 0.25) is 0 Å². The summed E-state index contributed by atoms with van der Waals surface area (Å²) in [4.78, 5) is 21.4. The van der Waals surface area contributed by atoms with Gasteiger partial charge in [-0.1, -0.05) is 5.92 Å². The van der Waals surface area contributed by atoms with Crippen LogP contribution in [0.4, 0.5) is 4.79 Å². The Morgan fingerprint density at radius 3 is 2.43 bits per heavy atom. The van der Waals surface area contributed by atoms with Crippen LogP contribution in [0, 0.1) is 12.3 Å². The van der Waals surface area contributed by atoms with Gasteiger partial charge in [0.15, 0.2) is 0 Å². The quantitative estimate of drug-likeness (QED) is 0.563. The van der Waals surface area contributed by atoms with E-state index >= 15 is 0 Å². The predicted octanol–water partition coefficient (Wildman–Crippen LogP) is 0.170. The van der Waals surface area contributed by atoms with Gasteiger partial charge < -0.3 is 15.7 Å². The number of hydrogen-bond donors (Lipinski definition) is 3. The second kappa shape index (κ2) is 5.86. The second-order valence-electron chi connectivity index (χ2n) is 3.01. The summed E-state index contributed by atoms with van der Waals surface area (Å²) in [6.07, 6.45) is 4.93. The fourth-order valence-corrected chi connectivity index (χ4v) is 0.817. The smallest absolute Gasteiger partial charge is 0.315 e. The van der Waals surface area contributed by atoms with Crippen LogP contribution in [-0.2, 0) is 4.79 Å². The molecule has 2 unspecified atom stereocenters. The Morgan fingerprint density at radius 1 is 1.43 bits per heavy atom. The van der Waals surface area contributed by atoms with Crippen LogP contribution in [0.15, 0.2) is 0 Å². The van der Waals surface area contributed by atoms with Gasteiger partial charge in [0.25, 0.3) is 0 Å². The van der Waals surface area contributed by atoms with Gasteiger partial charge in [-0.25, -0.2) is 4.79 Å². The number of nitrogens with one attached hydrogen (secondary N) is 2. The Hall–Kier alpha value is -1.70. The van der Waals surface area contributed by atoms with Gasteiger partial charge in [-0.3, -0.25) is 4.79 Å². The van der Waals surface area contributed by atoms with E-state index in [0.717, 1.165) is 0 Å². The molecule has 5 nitrogen and oxygen atoms in total. The summed E-state index contributed by atoms with van der Waals surface area (Å²) < 4.78 is 0. The van der Waals surface area contributed by atoms with Crippen molar-refractivity contribution in [1.29, 1.82) is 0 Å². The molecule has 2 atom stereocenters. The Labute approximate surface area is 82.9 Å². The predicted molar refractivity (Wildman–Crippen MR) is 51.7 cm³/mol. The molecule has 0 aromatic rings. The summed E-state index contributed by atoms with van der Waals surface area (Å²) >= 11 is 0. The molecule has 0 rings (SSSR count). The lowest BCUT2D eigenvalue weighted by molar-refractivity contribution is -0.137. The van der Waals surface area contributed by atoms with Crippen molar-refractivity contribution in [3.63, 3.8) is 0 Å². The Morgan fingerprint density at radius 2 is 2.00 bits per heavy atom. The van der Waals surface area contributed by atoms with E-state index in [2.05, 4.69) is 16.6 Å². The van der Waals surface area contributed by atoms with E-state index in [0.29, 0.717) is 0 Å². The van der Waals surface area contributed by atoms with Crippen LogP contribution in [0.5, 0.6) is 0 Å². The lowest BCUT2D eigenvalue weighted by Crippen LogP contribution is -2.44. The number of aliphatic carboxylic acids is 1. The Balaban J connectivity index is 3.83. The van der Waals surface area contributed by atoms with Crippen molar-refractivity contribution in [1.82, 2.24) is 10.6 Å². The molecular formula is C9H14N2O3. The summed E-state index contributed by atoms with van der Waals surface area (Å²) in [6.45, 7) is 3.26. The van der Waals surface area contributed by atoms with Crippen molar-refractivity contribution in [2.75, 3.05) is 0 Å². The molecule has 0 aliphatic carbocycles. The van der Waals surface area contributed by atoms with Crippen LogP contribution >= 0.6 is 0 Å². The second-order valence-corrected chi connectivity index (χ2v) is 3.01. The third kappa shape index (κ3) is 5.89. The van der Waals surface area contributed by atoms with Gasteiger partial charge in [0.2, 0.25) is 0 Å². The first kappa shape index (κ1) is 12.3. The molecule has 78 valence electrons. The van der Waals surface area contributed by atoms with E-state index in [9.17, 15) is 9.59 Å². The number of urea groups is 1. The third-order valence-corrected chi connectivity index (χ3v) is 1.46. The number of carbonyl (C=O) groups excluding carboxylic acids is 1. The van der Waals surface area contributed by atoms with Crippen molar-refractivity contribution in [3.8, 4) is 12.3 Å². The van der Waals surface area contributed by atoms with Gasteiger partial charge in [0.1, 0.15) is 0 Å². The minimum atomic E-state index is -0.956. The average Bonchev–Trinajstić information content (AvgIpc) is 2.01. The molecule has 3 N–H and O–H groups in total. The maximum Gasteiger partial charge on any atom is 0.315 e. The summed E-state index contributed by atoms with van der Waals surface area (Å²) in [6, 6.07) is -1.24. The normalized spacial score (nSPS) is 13.5. The van der Waals surface area contributed by atoms with Crippen molar-refractivity contribution in [3.05, 3.63) is 0 Å². The molecule has 0 heterocycles. The molecule has 0 aliphatic rings. The Bertz CT molecular complexity index is 257. The topological polar surface area (TPSA) is 78.4 Å². The first-order valence-electron chi connectivity index (χ1n) is 4.20. The zero-order valence-corrected chi connectivity index (χ0v) is 8.20. The van der Waals surface area contributed by atoms with E-state index in [1.807, 2.05) is 0 Å². The molecule has 0 fully saturated rings. The van der Waals surface area contributed by atoms with Gasteiger partial charge in [-0.15, -0.1) is 6.42 Å². The van der Waals surface area contributed by atoms with E-state index < -0.39 is 18.0 Å². The molecule has 0 aromatic carbocycles. The summed E-state index contributed by atoms with van der Waals surface area (Å²) in [5.74, 6) is 1.37. The van der Waals surface area contributed by atoms with Crippen molar-refractivity contribution in [2.24, 2.45) is 0 Å². The number of carbonyl (C=O) groups is 2. The molecule has 0 spiro atoms. The zero-order chi connectivity index (χ0) is 11.1. The van der Waals surface area contributed by atoms with Crippen LogP contribution < -0.4 is 10.6 Å². The van der Waals surface area contributed by atoms with Crippen LogP contribution in [-0.4, -0.2) is 29.2 Å². The van der Waals surface area contributed by atoms with Crippen LogP contribution in [0.25, 0.3) is 0 Å². The lowest BCUT2D eigenvalue weighted by Gasteiger charge is -2.13. The average molecular weight is 198 g/mol. The zero-order valence-electron chi connectivity index (χ0n) is 8.20. The molecule has 0 aromatic heterocycles. The highest BCUT2D eigenvalue weighted by atomic mass is 16.4. The SMILES string of the molecule is C#CC(C)NC(=O)NC(C)CC(=O)O. The first-order chi connectivity index (χ1) is 6.45. The summed E-state index contributed by atoms with van der Waals surface area (Å²) in [7, 11) is 0. The van der Waals surface area contributed by atoms with Crippen molar-refractivity contribution in [2.45, 2.75) is 32.4 Å². The summed E-state index contributed by atoms with van der Waals surface area (Å²) in [5.41, 5.74) is 0. The van der Waals surface area contributed by atoms with E-state index in [-0.39, 0.29) is 12.5 Å².